The number of fused-ring (bicyclic) bond motifs is 1. The molecule has 0 aliphatic carbocycles. The van der Waals surface area contributed by atoms with E-state index < -0.39 is 0 Å². The number of amides is 1. The summed E-state index contributed by atoms with van der Waals surface area (Å²) in [6, 6.07) is 13.4. The average Bonchev–Trinajstić information content (AvgIpc) is 2.79. The van der Waals surface area contributed by atoms with Crippen molar-refractivity contribution in [2.24, 2.45) is 0 Å². The van der Waals surface area contributed by atoms with Gasteiger partial charge in [0.15, 0.2) is 0 Å². The predicted octanol–water partition coefficient (Wildman–Crippen LogP) is 4.26. The Balaban J connectivity index is 1.35. The normalized spacial score (nSPS) is 21.0. The Labute approximate surface area is 186 Å². The molecule has 31 heavy (non-hydrogen) atoms. The molecule has 1 unspecified atom stereocenters. The molecule has 0 N–H and O–H groups in total. The Morgan fingerprint density at radius 1 is 1.00 bits per heavy atom. The Morgan fingerprint density at radius 2 is 1.74 bits per heavy atom. The van der Waals surface area contributed by atoms with Gasteiger partial charge in [-0.2, -0.15) is 0 Å². The van der Waals surface area contributed by atoms with Crippen LogP contribution in [0.1, 0.15) is 49.9 Å². The first-order chi connectivity index (χ1) is 15.0. The monoisotopic (exact) mass is 423 g/mol. The summed E-state index contributed by atoms with van der Waals surface area (Å²) in [5.41, 5.74) is 0.777. The van der Waals surface area contributed by atoms with Crippen molar-refractivity contribution in [1.82, 2.24) is 14.7 Å². The quantitative estimate of drug-likeness (QED) is 0.696. The van der Waals surface area contributed by atoms with Gasteiger partial charge in [0.2, 0.25) is 0 Å². The zero-order chi connectivity index (χ0) is 21.8. The number of hydrogen-bond acceptors (Lipinski definition) is 4. The first kappa shape index (κ1) is 22.1. The van der Waals surface area contributed by atoms with Crippen molar-refractivity contribution in [3.63, 3.8) is 0 Å². The molecule has 4 rings (SSSR count). The van der Waals surface area contributed by atoms with Crippen LogP contribution in [-0.2, 0) is 0 Å². The SMILES string of the molecule is CC(C)N1CCN(C(=O)c2ccc3cc(OCCC4CCCCN4C)ccc3c2)CC1. The second-order valence-corrected chi connectivity index (χ2v) is 9.41. The van der Waals surface area contributed by atoms with Crippen LogP contribution in [0.5, 0.6) is 5.75 Å². The largest absolute Gasteiger partial charge is 0.494 e. The van der Waals surface area contributed by atoms with Crippen LogP contribution < -0.4 is 4.74 Å². The second kappa shape index (κ2) is 10.0. The number of rotatable bonds is 6. The zero-order valence-electron chi connectivity index (χ0n) is 19.3. The Morgan fingerprint density at radius 3 is 2.48 bits per heavy atom. The van der Waals surface area contributed by atoms with Gasteiger partial charge in [0.25, 0.3) is 5.91 Å². The summed E-state index contributed by atoms with van der Waals surface area (Å²) in [6.07, 6.45) is 5.00. The van der Waals surface area contributed by atoms with Crippen molar-refractivity contribution < 1.29 is 9.53 Å². The lowest BCUT2D eigenvalue weighted by atomic mass is 10.0. The van der Waals surface area contributed by atoms with Gasteiger partial charge < -0.3 is 14.5 Å². The van der Waals surface area contributed by atoms with Crippen molar-refractivity contribution in [2.45, 2.75) is 51.6 Å². The molecular weight excluding hydrogens is 386 g/mol. The molecule has 2 heterocycles. The summed E-state index contributed by atoms with van der Waals surface area (Å²) in [7, 11) is 2.23. The number of piperazine rings is 1. The van der Waals surface area contributed by atoms with E-state index in [4.69, 9.17) is 4.74 Å². The second-order valence-electron chi connectivity index (χ2n) is 9.41. The molecule has 168 valence electrons. The molecule has 5 heteroatoms. The van der Waals surface area contributed by atoms with E-state index in [9.17, 15) is 4.79 Å². The van der Waals surface area contributed by atoms with Gasteiger partial charge in [-0.25, -0.2) is 0 Å². The van der Waals surface area contributed by atoms with Gasteiger partial charge in [-0.3, -0.25) is 9.69 Å². The number of hydrogen-bond donors (Lipinski definition) is 0. The molecule has 2 aromatic carbocycles. The van der Waals surface area contributed by atoms with Crippen LogP contribution in [-0.4, -0.2) is 79.1 Å². The molecule has 2 fully saturated rings. The lowest BCUT2D eigenvalue weighted by molar-refractivity contribution is 0.0595. The molecular formula is C26H37N3O2. The van der Waals surface area contributed by atoms with Gasteiger partial charge in [-0.1, -0.05) is 18.6 Å². The summed E-state index contributed by atoms with van der Waals surface area (Å²) in [6.45, 7) is 9.90. The number of carbonyl (C=O) groups excluding carboxylic acids is 1. The van der Waals surface area contributed by atoms with Gasteiger partial charge in [-0.05, 0) is 81.7 Å². The number of nitrogens with zero attached hydrogens (tertiary/aromatic N) is 3. The molecule has 1 atom stereocenters. The molecule has 5 nitrogen and oxygen atoms in total. The summed E-state index contributed by atoms with van der Waals surface area (Å²) in [5.74, 6) is 1.05. The van der Waals surface area contributed by atoms with E-state index in [-0.39, 0.29) is 5.91 Å². The summed E-state index contributed by atoms with van der Waals surface area (Å²) < 4.78 is 6.06. The Kier molecular flexibility index (Phi) is 7.13. The van der Waals surface area contributed by atoms with Crippen molar-refractivity contribution in [3.05, 3.63) is 42.0 Å². The van der Waals surface area contributed by atoms with E-state index in [1.807, 2.05) is 23.1 Å². The van der Waals surface area contributed by atoms with Gasteiger partial charge in [-0.15, -0.1) is 0 Å². The van der Waals surface area contributed by atoms with Gasteiger partial charge in [0.1, 0.15) is 5.75 Å². The molecule has 0 spiro atoms. The highest BCUT2D eigenvalue weighted by molar-refractivity contribution is 5.98. The highest BCUT2D eigenvalue weighted by atomic mass is 16.5. The van der Waals surface area contributed by atoms with Crippen LogP contribution in [0, 0.1) is 0 Å². The number of carbonyl (C=O) groups is 1. The lowest BCUT2D eigenvalue weighted by Gasteiger charge is -2.37. The van der Waals surface area contributed by atoms with E-state index in [1.165, 1.54) is 25.8 Å². The van der Waals surface area contributed by atoms with Crippen LogP contribution in [0.4, 0.5) is 0 Å². The van der Waals surface area contributed by atoms with Crippen LogP contribution in [0.3, 0.4) is 0 Å². The smallest absolute Gasteiger partial charge is 0.253 e. The van der Waals surface area contributed by atoms with E-state index in [1.54, 1.807) is 0 Å². The number of ether oxygens (including phenoxy) is 1. The minimum atomic E-state index is 0.141. The first-order valence-corrected chi connectivity index (χ1v) is 11.9. The Bertz CT molecular complexity index is 889. The highest BCUT2D eigenvalue weighted by Crippen LogP contribution is 2.24. The molecule has 0 saturated carbocycles. The third-order valence-electron chi connectivity index (χ3n) is 7.03. The number of benzene rings is 2. The fourth-order valence-electron chi connectivity index (χ4n) is 4.89. The van der Waals surface area contributed by atoms with Crippen LogP contribution in [0.2, 0.25) is 0 Å². The minimum absolute atomic E-state index is 0.141. The van der Waals surface area contributed by atoms with Crippen molar-refractivity contribution >= 4 is 16.7 Å². The molecule has 2 aromatic rings. The summed E-state index contributed by atoms with van der Waals surface area (Å²) in [4.78, 5) is 19.9. The number of piperidine rings is 1. The van der Waals surface area contributed by atoms with Crippen LogP contribution in [0.25, 0.3) is 10.8 Å². The van der Waals surface area contributed by atoms with Crippen molar-refractivity contribution in [1.29, 1.82) is 0 Å². The van der Waals surface area contributed by atoms with Gasteiger partial charge in [0, 0.05) is 43.8 Å². The molecule has 0 radical (unpaired) electrons. The standard InChI is InChI=1S/C26H37N3O2/c1-20(2)28-13-15-29(16-14-28)26(30)23-8-7-22-19-25(10-9-21(22)18-23)31-17-11-24-6-4-5-12-27(24)3/h7-10,18-20,24H,4-6,11-17H2,1-3H3. The van der Waals surface area contributed by atoms with Gasteiger partial charge in [0.05, 0.1) is 6.61 Å². The fourth-order valence-corrected chi connectivity index (χ4v) is 4.89. The topological polar surface area (TPSA) is 36.0 Å². The van der Waals surface area contributed by atoms with Crippen molar-refractivity contribution in [3.8, 4) is 5.75 Å². The number of likely N-dealkylation sites (tertiary alicyclic amines) is 1. The third kappa shape index (κ3) is 5.39. The summed E-state index contributed by atoms with van der Waals surface area (Å²) in [5, 5.41) is 2.21. The first-order valence-electron chi connectivity index (χ1n) is 11.9. The third-order valence-corrected chi connectivity index (χ3v) is 7.03. The molecule has 2 aliphatic heterocycles. The van der Waals surface area contributed by atoms with E-state index >= 15 is 0 Å². The van der Waals surface area contributed by atoms with Crippen LogP contribution >= 0.6 is 0 Å². The average molecular weight is 424 g/mol. The van der Waals surface area contributed by atoms with Gasteiger partial charge >= 0.3 is 0 Å². The van der Waals surface area contributed by atoms with E-state index in [2.05, 4.69) is 48.9 Å². The van der Waals surface area contributed by atoms with Crippen LogP contribution in [0.15, 0.2) is 36.4 Å². The molecule has 0 aromatic heterocycles. The highest BCUT2D eigenvalue weighted by Gasteiger charge is 2.23. The van der Waals surface area contributed by atoms with Crippen molar-refractivity contribution in [2.75, 3.05) is 46.4 Å². The molecule has 2 aliphatic rings. The maximum atomic E-state index is 13.0. The maximum absolute atomic E-state index is 13.0. The van der Waals surface area contributed by atoms with E-state index in [0.717, 1.165) is 61.3 Å². The maximum Gasteiger partial charge on any atom is 0.253 e. The predicted molar refractivity (Wildman–Crippen MR) is 127 cm³/mol. The molecule has 0 bridgehead atoms. The molecule has 1 amide bonds. The lowest BCUT2D eigenvalue weighted by Crippen LogP contribution is -2.50. The summed E-state index contributed by atoms with van der Waals surface area (Å²) >= 11 is 0. The van der Waals surface area contributed by atoms with E-state index in [0.29, 0.717) is 12.1 Å². The zero-order valence-corrected chi connectivity index (χ0v) is 19.3. The molecule has 2 saturated heterocycles. The Hall–Kier alpha value is -2.11. The minimum Gasteiger partial charge on any atom is -0.494 e. The fraction of sp³-hybridized carbons (Fsp3) is 0.577.